The molecule has 0 saturated heterocycles. The van der Waals surface area contributed by atoms with Crippen molar-refractivity contribution >= 4 is 12.2 Å². The highest BCUT2D eigenvalue weighted by Crippen LogP contribution is 2.11. The lowest BCUT2D eigenvalue weighted by Gasteiger charge is -2.00. The molecule has 21 heavy (non-hydrogen) atoms. The summed E-state index contributed by atoms with van der Waals surface area (Å²) in [6, 6.07) is 15.5. The average Bonchev–Trinajstić information content (AvgIpc) is 3.01. The summed E-state index contributed by atoms with van der Waals surface area (Å²) in [5.74, 6) is 1.13. The van der Waals surface area contributed by atoms with E-state index in [2.05, 4.69) is 9.97 Å². The summed E-state index contributed by atoms with van der Waals surface area (Å²) in [5, 5.41) is 0. The molecule has 0 aliphatic rings. The van der Waals surface area contributed by atoms with Gasteiger partial charge in [-0.2, -0.15) is 0 Å². The molecule has 0 aliphatic carbocycles. The number of benzene rings is 1. The Kier molecular flexibility index (Phi) is 4.07. The number of hydrogen-bond acceptors (Lipinski definition) is 4. The Bertz CT molecular complexity index is 706. The van der Waals surface area contributed by atoms with Crippen LogP contribution in [0.1, 0.15) is 17.1 Å². The van der Waals surface area contributed by atoms with Gasteiger partial charge in [0, 0.05) is 18.3 Å². The van der Waals surface area contributed by atoms with Crippen molar-refractivity contribution in [1.82, 2.24) is 9.97 Å². The molecule has 2 heterocycles. The van der Waals surface area contributed by atoms with E-state index in [0.717, 1.165) is 11.3 Å². The number of ether oxygens (including phenoxy) is 1. The van der Waals surface area contributed by atoms with Crippen LogP contribution >= 0.6 is 0 Å². The van der Waals surface area contributed by atoms with Crippen molar-refractivity contribution in [2.45, 2.75) is 6.61 Å². The van der Waals surface area contributed by atoms with E-state index in [9.17, 15) is 0 Å². The Morgan fingerprint density at radius 2 is 1.86 bits per heavy atom. The van der Waals surface area contributed by atoms with E-state index in [1.165, 1.54) is 0 Å². The van der Waals surface area contributed by atoms with Gasteiger partial charge in [-0.3, -0.25) is 0 Å². The number of aromatic nitrogens is 2. The van der Waals surface area contributed by atoms with E-state index >= 15 is 0 Å². The molecule has 3 aromatic rings. The average molecular weight is 278 g/mol. The second-order valence-corrected chi connectivity index (χ2v) is 4.38. The third-order valence-electron chi connectivity index (χ3n) is 2.79. The molecule has 4 nitrogen and oxygen atoms in total. The zero-order valence-corrected chi connectivity index (χ0v) is 11.3. The second-order valence-electron chi connectivity index (χ2n) is 4.38. The fraction of sp³-hybridized carbons (Fsp3) is 0.0588. The van der Waals surface area contributed by atoms with Gasteiger partial charge in [0.25, 0.3) is 0 Å². The van der Waals surface area contributed by atoms with Gasteiger partial charge in [-0.15, -0.1) is 0 Å². The molecule has 0 atom stereocenters. The SMILES string of the molecule is C(=C\c1nc(COc2ccccn2)co1)/c1ccccc1. The predicted octanol–water partition coefficient (Wildman–Crippen LogP) is 3.82. The fourth-order valence-electron chi connectivity index (χ4n) is 1.78. The standard InChI is InChI=1S/C17H14N2O2/c1-2-6-14(7-3-1)9-10-17-19-15(13-21-17)12-20-16-8-4-5-11-18-16/h1-11,13H,12H2/b10-9+. The summed E-state index contributed by atoms with van der Waals surface area (Å²) in [4.78, 5) is 8.42. The van der Waals surface area contributed by atoms with Crippen molar-refractivity contribution in [2.75, 3.05) is 0 Å². The minimum absolute atomic E-state index is 0.333. The largest absolute Gasteiger partial charge is 0.471 e. The summed E-state index contributed by atoms with van der Waals surface area (Å²) in [6.07, 6.45) is 7.06. The molecule has 104 valence electrons. The lowest BCUT2D eigenvalue weighted by atomic mass is 10.2. The zero-order valence-electron chi connectivity index (χ0n) is 11.3. The van der Waals surface area contributed by atoms with Gasteiger partial charge < -0.3 is 9.15 Å². The summed E-state index contributed by atoms with van der Waals surface area (Å²) < 4.78 is 10.9. The van der Waals surface area contributed by atoms with Gasteiger partial charge in [-0.05, 0) is 17.7 Å². The van der Waals surface area contributed by atoms with E-state index in [1.807, 2.05) is 54.6 Å². The highest BCUT2D eigenvalue weighted by molar-refractivity contribution is 5.65. The van der Waals surface area contributed by atoms with Gasteiger partial charge in [0.2, 0.25) is 11.8 Å². The van der Waals surface area contributed by atoms with Gasteiger partial charge in [0.05, 0.1) is 0 Å². The van der Waals surface area contributed by atoms with Gasteiger partial charge in [-0.1, -0.05) is 36.4 Å². The zero-order chi connectivity index (χ0) is 14.3. The normalized spacial score (nSPS) is 10.9. The summed E-state index contributed by atoms with van der Waals surface area (Å²) in [6.45, 7) is 0.333. The molecule has 0 radical (unpaired) electrons. The maximum Gasteiger partial charge on any atom is 0.218 e. The highest BCUT2D eigenvalue weighted by atomic mass is 16.5. The van der Waals surface area contributed by atoms with E-state index in [-0.39, 0.29) is 0 Å². The highest BCUT2D eigenvalue weighted by Gasteiger charge is 2.02. The Morgan fingerprint density at radius 3 is 2.67 bits per heavy atom. The van der Waals surface area contributed by atoms with Crippen LogP contribution in [0.2, 0.25) is 0 Å². The lowest BCUT2D eigenvalue weighted by molar-refractivity contribution is 0.289. The Hall–Kier alpha value is -2.88. The van der Waals surface area contributed by atoms with E-state index < -0.39 is 0 Å². The minimum Gasteiger partial charge on any atom is -0.471 e. The smallest absolute Gasteiger partial charge is 0.218 e. The molecule has 0 unspecified atom stereocenters. The molecule has 0 bridgehead atoms. The van der Waals surface area contributed by atoms with Crippen LogP contribution in [-0.4, -0.2) is 9.97 Å². The minimum atomic E-state index is 0.333. The molecule has 4 heteroatoms. The Balaban J connectivity index is 1.60. The van der Waals surface area contributed by atoms with Crippen LogP contribution in [0.5, 0.6) is 5.88 Å². The first-order valence-corrected chi connectivity index (χ1v) is 6.61. The van der Waals surface area contributed by atoms with Crippen molar-refractivity contribution in [2.24, 2.45) is 0 Å². The molecule has 3 rings (SSSR count). The van der Waals surface area contributed by atoms with E-state index in [0.29, 0.717) is 18.4 Å². The lowest BCUT2D eigenvalue weighted by Crippen LogP contribution is -1.96. The van der Waals surface area contributed by atoms with Crippen LogP contribution in [0.4, 0.5) is 0 Å². The van der Waals surface area contributed by atoms with Crippen molar-refractivity contribution in [3.63, 3.8) is 0 Å². The maximum atomic E-state index is 5.51. The van der Waals surface area contributed by atoms with Crippen LogP contribution in [0, 0.1) is 0 Å². The topological polar surface area (TPSA) is 48.2 Å². The van der Waals surface area contributed by atoms with Crippen LogP contribution in [0.3, 0.4) is 0 Å². The molecule has 0 aliphatic heterocycles. The third kappa shape index (κ3) is 3.79. The number of nitrogens with zero attached hydrogens (tertiary/aromatic N) is 2. The molecule has 0 amide bonds. The van der Waals surface area contributed by atoms with Crippen LogP contribution in [-0.2, 0) is 6.61 Å². The van der Waals surface area contributed by atoms with Gasteiger partial charge >= 0.3 is 0 Å². The monoisotopic (exact) mass is 278 g/mol. The second kappa shape index (κ2) is 6.52. The number of oxazole rings is 1. The van der Waals surface area contributed by atoms with Crippen molar-refractivity contribution in [1.29, 1.82) is 0 Å². The van der Waals surface area contributed by atoms with Crippen LogP contribution in [0.25, 0.3) is 12.2 Å². The van der Waals surface area contributed by atoms with Crippen molar-refractivity contribution in [3.05, 3.63) is 78.1 Å². The van der Waals surface area contributed by atoms with Crippen molar-refractivity contribution in [3.8, 4) is 5.88 Å². The summed E-state index contributed by atoms with van der Waals surface area (Å²) in [5.41, 5.74) is 1.83. The van der Waals surface area contributed by atoms with Gasteiger partial charge in [0.15, 0.2) is 0 Å². The Morgan fingerprint density at radius 1 is 1.00 bits per heavy atom. The summed E-state index contributed by atoms with van der Waals surface area (Å²) >= 11 is 0. The first kappa shape index (κ1) is 13.1. The molecule has 0 fully saturated rings. The van der Waals surface area contributed by atoms with Gasteiger partial charge in [0.1, 0.15) is 18.6 Å². The van der Waals surface area contributed by atoms with Gasteiger partial charge in [-0.25, -0.2) is 9.97 Å². The fourth-order valence-corrected chi connectivity index (χ4v) is 1.78. The molecule has 0 saturated carbocycles. The van der Waals surface area contributed by atoms with Crippen LogP contribution < -0.4 is 4.74 Å². The number of hydrogen-bond donors (Lipinski definition) is 0. The third-order valence-corrected chi connectivity index (χ3v) is 2.79. The van der Waals surface area contributed by atoms with Crippen LogP contribution in [0.15, 0.2) is 65.4 Å². The maximum absolute atomic E-state index is 5.51. The van der Waals surface area contributed by atoms with E-state index in [1.54, 1.807) is 18.5 Å². The predicted molar refractivity (Wildman–Crippen MR) is 80.4 cm³/mol. The number of rotatable bonds is 5. The summed E-state index contributed by atoms with van der Waals surface area (Å²) in [7, 11) is 0. The quantitative estimate of drug-likeness (QED) is 0.712. The molecule has 2 aromatic heterocycles. The molecule has 1 aromatic carbocycles. The molecular formula is C17H14N2O2. The van der Waals surface area contributed by atoms with E-state index in [4.69, 9.17) is 9.15 Å². The molecule has 0 spiro atoms. The first-order chi connectivity index (χ1) is 10.4. The first-order valence-electron chi connectivity index (χ1n) is 6.61. The Labute approximate surface area is 122 Å². The molecular weight excluding hydrogens is 264 g/mol. The van der Waals surface area contributed by atoms with Crippen molar-refractivity contribution < 1.29 is 9.15 Å². The molecule has 0 N–H and O–H groups in total. The number of pyridine rings is 1.